The molecule has 2 aliphatic rings. The first kappa shape index (κ1) is 30.2. The Bertz CT molecular complexity index is 1810. The van der Waals surface area contributed by atoms with E-state index in [0.717, 1.165) is 35.3 Å². The quantitative estimate of drug-likeness (QED) is 0.160. The first-order chi connectivity index (χ1) is 21.8. The second-order valence-corrected chi connectivity index (χ2v) is 11.4. The number of hydrazone groups is 1. The number of guanidine groups is 1. The third kappa shape index (κ3) is 5.72. The lowest BCUT2D eigenvalue weighted by Crippen LogP contribution is -2.44. The van der Waals surface area contributed by atoms with E-state index in [-0.39, 0.29) is 0 Å². The van der Waals surface area contributed by atoms with Gasteiger partial charge in [0.1, 0.15) is 0 Å². The van der Waals surface area contributed by atoms with Gasteiger partial charge in [-0.2, -0.15) is 0 Å². The highest BCUT2D eigenvalue weighted by Gasteiger charge is 2.40. The van der Waals surface area contributed by atoms with E-state index in [4.69, 9.17) is 22.3 Å². The summed E-state index contributed by atoms with van der Waals surface area (Å²) in [5.74, 6) is 0.460. The first-order valence-electron chi connectivity index (χ1n) is 14.6. The van der Waals surface area contributed by atoms with Crippen molar-refractivity contribution in [3.8, 4) is 0 Å². The average Bonchev–Trinajstić information content (AvgIpc) is 3.71. The van der Waals surface area contributed by atoms with Gasteiger partial charge in [0.2, 0.25) is 0 Å². The Morgan fingerprint density at radius 2 is 1.91 bits per heavy atom. The van der Waals surface area contributed by atoms with Gasteiger partial charge in [-0.1, -0.05) is 60.6 Å². The number of aryl methyl sites for hydroxylation is 1. The molecular weight excluding hydrogens is 586 g/mol. The molecule has 0 radical (unpaired) electrons. The van der Waals surface area contributed by atoms with Crippen molar-refractivity contribution in [3.63, 3.8) is 0 Å². The average molecular weight is 622 g/mol. The van der Waals surface area contributed by atoms with Gasteiger partial charge in [-0.05, 0) is 59.3 Å². The summed E-state index contributed by atoms with van der Waals surface area (Å²) in [4.78, 5) is 6.55. The number of hydrogen-bond donors (Lipinski definition) is 5. The van der Waals surface area contributed by atoms with Crippen LogP contribution in [0, 0.1) is 0 Å². The summed E-state index contributed by atoms with van der Waals surface area (Å²) < 4.78 is 2.13. The van der Waals surface area contributed by atoms with E-state index in [1.807, 2.05) is 73.8 Å². The summed E-state index contributed by atoms with van der Waals surface area (Å²) in [7, 11) is 3.87. The molecule has 6 N–H and O–H groups in total. The van der Waals surface area contributed by atoms with E-state index >= 15 is 0 Å². The minimum atomic E-state index is -1.63. The van der Waals surface area contributed by atoms with Crippen molar-refractivity contribution >= 4 is 29.0 Å². The van der Waals surface area contributed by atoms with Gasteiger partial charge in [-0.15, -0.1) is 10.6 Å². The normalized spacial score (nSPS) is 15.4. The number of nitrogens with zero attached hydrogens (tertiary/aromatic N) is 5. The maximum absolute atomic E-state index is 12.8. The van der Waals surface area contributed by atoms with Crippen molar-refractivity contribution < 1.29 is 5.11 Å². The zero-order chi connectivity index (χ0) is 31.6. The summed E-state index contributed by atoms with van der Waals surface area (Å²) in [6, 6.07) is 25.4. The number of aliphatic hydroxyl groups is 1. The van der Waals surface area contributed by atoms with Crippen LogP contribution < -0.4 is 27.1 Å². The Labute approximate surface area is 267 Å². The number of nitrogens with one attached hydrogen (secondary N) is 3. The van der Waals surface area contributed by atoms with E-state index in [0.29, 0.717) is 40.1 Å². The van der Waals surface area contributed by atoms with Gasteiger partial charge in [-0.25, -0.2) is 15.5 Å². The molecule has 0 spiro atoms. The number of hydrazine groups is 2. The Kier molecular flexibility index (Phi) is 8.46. The van der Waals surface area contributed by atoms with Gasteiger partial charge in [0.25, 0.3) is 5.96 Å². The van der Waals surface area contributed by atoms with Crippen LogP contribution in [0.25, 0.3) is 0 Å². The zero-order valence-corrected chi connectivity index (χ0v) is 26.0. The number of anilines is 1. The third-order valence-corrected chi connectivity index (χ3v) is 8.47. The molecule has 0 saturated heterocycles. The monoisotopic (exact) mass is 621 g/mol. The van der Waals surface area contributed by atoms with Crippen LogP contribution in [0.15, 0.2) is 120 Å². The summed E-state index contributed by atoms with van der Waals surface area (Å²) in [6.45, 7) is 5.48. The van der Waals surface area contributed by atoms with Crippen LogP contribution in [0.2, 0.25) is 5.02 Å². The molecule has 2 aliphatic heterocycles. The molecule has 0 bridgehead atoms. The predicted octanol–water partition coefficient (Wildman–Crippen LogP) is 4.07. The highest BCUT2D eigenvalue weighted by molar-refractivity contribution is 6.32. The van der Waals surface area contributed by atoms with Crippen molar-refractivity contribution in [1.29, 1.82) is 0 Å². The highest BCUT2D eigenvalue weighted by atomic mass is 35.5. The number of rotatable bonds is 11. The lowest BCUT2D eigenvalue weighted by molar-refractivity contribution is 0.0967. The van der Waals surface area contributed by atoms with Crippen LogP contribution in [0.4, 0.5) is 5.69 Å². The van der Waals surface area contributed by atoms with Gasteiger partial charge in [0.05, 0.1) is 17.1 Å². The summed E-state index contributed by atoms with van der Waals surface area (Å²) >= 11 is 6.38. The molecule has 1 unspecified atom stereocenters. The van der Waals surface area contributed by atoms with Crippen LogP contribution in [0.1, 0.15) is 33.5 Å². The van der Waals surface area contributed by atoms with Crippen molar-refractivity contribution in [2.24, 2.45) is 22.9 Å². The Hall–Kier alpha value is -4.87. The van der Waals surface area contributed by atoms with Crippen molar-refractivity contribution in [1.82, 2.24) is 25.9 Å². The molecule has 3 heterocycles. The second-order valence-electron chi connectivity index (χ2n) is 11.0. The molecule has 0 aliphatic carbocycles. The fourth-order valence-corrected chi connectivity index (χ4v) is 5.94. The van der Waals surface area contributed by atoms with E-state index in [2.05, 4.69) is 58.0 Å². The van der Waals surface area contributed by atoms with E-state index in [1.54, 1.807) is 16.1 Å². The minimum Gasteiger partial charge on any atom is -0.403 e. The number of fused-ring (bicyclic) bond motifs is 3. The molecule has 1 aromatic heterocycles. The van der Waals surface area contributed by atoms with Gasteiger partial charge < -0.3 is 25.6 Å². The predicted molar refractivity (Wildman–Crippen MR) is 180 cm³/mol. The zero-order valence-electron chi connectivity index (χ0n) is 25.2. The van der Waals surface area contributed by atoms with E-state index in [1.165, 1.54) is 11.9 Å². The standard InChI is InChI=1S/C34H36ClN9O/c1-4-42(2)31(21-36)34(45,25-12-10-23(11-13-25)22-37-17-16-28-9-6-18-43(28)3)26-14-15-30-29(20-26)32(24-7-5-8-27(35)19-24)38-33-39-40-41-44(30)33/h4-15,18-21,37,40-41,45H,1,16-17,22,36H2,2-3H3/b31-21-. The first-order valence-corrected chi connectivity index (χ1v) is 15.0. The summed E-state index contributed by atoms with van der Waals surface area (Å²) in [5, 5.41) is 22.9. The van der Waals surface area contributed by atoms with Crippen LogP contribution in [0.3, 0.4) is 0 Å². The maximum atomic E-state index is 12.8. The molecule has 1 atom stereocenters. The Balaban J connectivity index is 1.37. The molecule has 0 saturated carbocycles. The molecule has 0 fully saturated rings. The number of benzene rings is 3. The number of aliphatic imine (C=N–C) groups is 1. The fraction of sp³-hybridized carbons (Fsp3) is 0.176. The van der Waals surface area contributed by atoms with Crippen molar-refractivity contribution in [2.45, 2.75) is 18.6 Å². The maximum Gasteiger partial charge on any atom is 0.265 e. The van der Waals surface area contributed by atoms with Gasteiger partial charge in [0.15, 0.2) is 5.60 Å². The second kappa shape index (κ2) is 12.6. The molecule has 10 nitrogen and oxygen atoms in total. The molecule has 6 rings (SSSR count). The SMILES string of the molecule is C=CN(C)/C(=C\N)C(O)(c1ccc(CNCCc2cccn2C)cc1)c1ccc2c(c1)C(c1cccc(Cl)c1)=NC1=NNNN12. The largest absolute Gasteiger partial charge is 0.403 e. The smallest absolute Gasteiger partial charge is 0.265 e. The fourth-order valence-electron chi connectivity index (χ4n) is 5.75. The van der Waals surface area contributed by atoms with Gasteiger partial charge >= 0.3 is 0 Å². The lowest BCUT2D eigenvalue weighted by atomic mass is 9.81. The molecule has 4 aromatic rings. The summed E-state index contributed by atoms with van der Waals surface area (Å²) in [5.41, 5.74) is 17.5. The van der Waals surface area contributed by atoms with Crippen LogP contribution in [-0.4, -0.2) is 39.8 Å². The van der Waals surface area contributed by atoms with Crippen molar-refractivity contribution in [2.75, 3.05) is 18.6 Å². The van der Waals surface area contributed by atoms with Crippen LogP contribution in [0.5, 0.6) is 0 Å². The molecule has 45 heavy (non-hydrogen) atoms. The number of halogens is 1. The molecule has 230 valence electrons. The Morgan fingerprint density at radius 3 is 2.62 bits per heavy atom. The molecular formula is C34H36ClN9O. The lowest BCUT2D eigenvalue weighted by Gasteiger charge is -2.37. The van der Waals surface area contributed by atoms with Gasteiger partial charge in [0, 0.05) is 67.8 Å². The van der Waals surface area contributed by atoms with Crippen LogP contribution >= 0.6 is 11.6 Å². The molecule has 11 heteroatoms. The van der Waals surface area contributed by atoms with E-state index in [9.17, 15) is 5.11 Å². The Morgan fingerprint density at radius 1 is 1.11 bits per heavy atom. The number of nitrogens with two attached hydrogens (primary N) is 1. The van der Waals surface area contributed by atoms with E-state index < -0.39 is 5.60 Å². The van der Waals surface area contributed by atoms with Gasteiger partial charge in [-0.3, -0.25) is 0 Å². The number of aromatic nitrogens is 1. The molecule has 3 aromatic carbocycles. The summed E-state index contributed by atoms with van der Waals surface area (Å²) in [6.07, 6.45) is 6.04. The highest BCUT2D eigenvalue weighted by Crippen LogP contribution is 2.41. The number of hydrogen-bond acceptors (Lipinski definition) is 9. The molecule has 0 amide bonds. The third-order valence-electron chi connectivity index (χ3n) is 8.23. The van der Waals surface area contributed by atoms with Crippen molar-refractivity contribution in [3.05, 3.63) is 148 Å². The van der Waals surface area contributed by atoms with Crippen LogP contribution in [-0.2, 0) is 25.6 Å². The minimum absolute atomic E-state index is 0.450. The number of likely N-dealkylation sites (N-methyl/N-ethyl adjacent to an activating group) is 1. The topological polar surface area (TPSA) is 118 Å².